The number of rotatable bonds is 3. The third-order valence-corrected chi connectivity index (χ3v) is 3.67. The summed E-state index contributed by atoms with van der Waals surface area (Å²) in [5.74, 6) is -2.12. The molecule has 0 aliphatic carbocycles. The fraction of sp³-hybridized carbons (Fsp3) is 0.455. The molecule has 0 radical (unpaired) electrons. The smallest absolute Gasteiger partial charge is 0.439 e. The molecular weight excluding hydrogens is 352 g/mol. The van der Waals surface area contributed by atoms with E-state index in [1.807, 2.05) is 0 Å². The molecular formula is C11H9F6N3O2S. The van der Waals surface area contributed by atoms with Gasteiger partial charge in [-0.25, -0.2) is 0 Å². The van der Waals surface area contributed by atoms with Crippen LogP contribution in [0.4, 0.5) is 26.3 Å². The van der Waals surface area contributed by atoms with Crippen molar-refractivity contribution >= 4 is 22.8 Å². The van der Waals surface area contributed by atoms with Crippen molar-refractivity contribution in [2.75, 3.05) is 12.3 Å². The molecule has 1 amide bonds. The largest absolute Gasteiger partial charge is 0.459 e. The van der Waals surface area contributed by atoms with E-state index in [1.54, 1.807) is 0 Å². The lowest BCUT2D eigenvalue weighted by atomic mass is 10.1. The fourth-order valence-corrected chi connectivity index (χ4v) is 2.47. The molecule has 0 saturated carbocycles. The fourth-order valence-electron chi connectivity index (χ4n) is 1.69. The summed E-state index contributed by atoms with van der Waals surface area (Å²) in [6, 6.07) is 2.09. The van der Waals surface area contributed by atoms with Crippen molar-refractivity contribution in [3.8, 4) is 0 Å². The van der Waals surface area contributed by atoms with E-state index >= 15 is 0 Å². The van der Waals surface area contributed by atoms with Crippen molar-refractivity contribution in [1.82, 2.24) is 10.6 Å². The number of amides is 1. The van der Waals surface area contributed by atoms with Gasteiger partial charge >= 0.3 is 18.0 Å². The molecule has 0 atom stereocenters. The molecule has 0 bridgehead atoms. The Hall–Kier alpha value is -1.85. The van der Waals surface area contributed by atoms with Crippen LogP contribution >= 0.6 is 11.8 Å². The molecule has 2 N–H and O–H groups in total. The molecule has 2 heterocycles. The summed E-state index contributed by atoms with van der Waals surface area (Å²) in [7, 11) is 0. The zero-order chi connectivity index (χ0) is 17.3. The highest BCUT2D eigenvalue weighted by Crippen LogP contribution is 2.42. The van der Waals surface area contributed by atoms with Gasteiger partial charge in [-0.2, -0.15) is 26.3 Å². The first-order valence-electron chi connectivity index (χ1n) is 6.02. The van der Waals surface area contributed by atoms with Gasteiger partial charge in [-0.05, 0) is 12.1 Å². The van der Waals surface area contributed by atoms with Crippen LogP contribution < -0.4 is 10.6 Å². The Morgan fingerprint density at radius 3 is 2.30 bits per heavy atom. The van der Waals surface area contributed by atoms with E-state index in [0.717, 1.165) is 23.7 Å². The zero-order valence-corrected chi connectivity index (χ0v) is 11.9. The van der Waals surface area contributed by atoms with Crippen LogP contribution in [0.25, 0.3) is 0 Å². The third kappa shape index (κ3) is 3.41. The number of thioether (sulfide) groups is 1. The second-order valence-electron chi connectivity index (χ2n) is 4.34. The summed E-state index contributed by atoms with van der Waals surface area (Å²) in [6.07, 6.45) is -10.8. The summed E-state index contributed by atoms with van der Waals surface area (Å²) in [5, 5.41) is 1.69. The van der Waals surface area contributed by atoms with Crippen LogP contribution in [0.2, 0.25) is 0 Å². The van der Waals surface area contributed by atoms with Crippen LogP contribution in [0.15, 0.2) is 27.8 Å². The number of furan rings is 1. The van der Waals surface area contributed by atoms with Crippen LogP contribution in [0.3, 0.4) is 0 Å². The highest BCUT2D eigenvalue weighted by Gasteiger charge is 2.73. The number of amidine groups is 1. The van der Waals surface area contributed by atoms with E-state index in [1.165, 1.54) is 5.32 Å². The van der Waals surface area contributed by atoms with Gasteiger partial charge < -0.3 is 15.1 Å². The second-order valence-corrected chi connectivity index (χ2v) is 5.42. The number of aliphatic imine (C=N–C) groups is 1. The monoisotopic (exact) mass is 361 g/mol. The summed E-state index contributed by atoms with van der Waals surface area (Å²) >= 11 is 0.690. The van der Waals surface area contributed by atoms with Crippen molar-refractivity contribution in [3.63, 3.8) is 0 Å². The molecule has 0 saturated heterocycles. The van der Waals surface area contributed by atoms with Crippen molar-refractivity contribution in [3.05, 3.63) is 24.2 Å². The lowest BCUT2D eigenvalue weighted by molar-refractivity contribution is -0.309. The minimum atomic E-state index is -5.88. The molecule has 0 aromatic carbocycles. The molecule has 0 fully saturated rings. The molecule has 23 heavy (non-hydrogen) atoms. The Labute approximate surface area is 129 Å². The first-order chi connectivity index (χ1) is 10.6. The average Bonchev–Trinajstić information content (AvgIpc) is 3.08. The van der Waals surface area contributed by atoms with E-state index in [4.69, 9.17) is 0 Å². The van der Waals surface area contributed by atoms with Crippen molar-refractivity contribution < 1.29 is 35.6 Å². The maximum atomic E-state index is 13.2. The number of nitrogens with zero attached hydrogens (tertiary/aromatic N) is 1. The minimum Gasteiger partial charge on any atom is -0.459 e. The number of carbonyl (C=O) groups is 1. The minimum absolute atomic E-state index is 0.0743. The summed E-state index contributed by atoms with van der Waals surface area (Å²) in [6.45, 7) is 0.0743. The van der Waals surface area contributed by atoms with Gasteiger partial charge in [0.05, 0.1) is 12.8 Å². The van der Waals surface area contributed by atoms with Gasteiger partial charge in [0.15, 0.2) is 10.9 Å². The lowest BCUT2D eigenvalue weighted by Gasteiger charge is -2.38. The highest BCUT2D eigenvalue weighted by atomic mass is 32.2. The second kappa shape index (κ2) is 5.98. The average molecular weight is 361 g/mol. The van der Waals surface area contributed by atoms with Crippen molar-refractivity contribution in [1.29, 1.82) is 0 Å². The summed E-state index contributed by atoms with van der Waals surface area (Å²) in [5.41, 5.74) is -4.68. The molecule has 1 aliphatic heterocycles. The number of carbonyl (C=O) groups excluding carboxylic acids is 1. The maximum Gasteiger partial charge on any atom is 0.439 e. The quantitative estimate of drug-likeness (QED) is 0.641. The van der Waals surface area contributed by atoms with E-state index in [2.05, 4.69) is 9.41 Å². The number of nitrogens with one attached hydrogen (secondary N) is 2. The van der Waals surface area contributed by atoms with Gasteiger partial charge in [0.25, 0.3) is 5.91 Å². The third-order valence-electron chi connectivity index (χ3n) is 2.78. The summed E-state index contributed by atoms with van der Waals surface area (Å²) < 4.78 is 83.9. The van der Waals surface area contributed by atoms with Crippen LogP contribution in [0, 0.1) is 0 Å². The zero-order valence-electron chi connectivity index (χ0n) is 11.1. The standard InChI is InChI=1S/C11H9F6N3O2S/c12-10(13,14)9(11(15,16)17,20-8-18-3-5-23-8)19-7(21)6-2-1-4-22-6/h1-2,4H,3,5H2,(H,18,20)(H,19,21). The van der Waals surface area contributed by atoms with Crippen LogP contribution in [0.5, 0.6) is 0 Å². The molecule has 1 aromatic rings. The van der Waals surface area contributed by atoms with Gasteiger partial charge in [-0.3, -0.25) is 9.79 Å². The van der Waals surface area contributed by atoms with Gasteiger partial charge in [-0.15, -0.1) is 0 Å². The predicted molar refractivity (Wildman–Crippen MR) is 68.9 cm³/mol. The number of hydrogen-bond acceptors (Lipinski definition) is 5. The maximum absolute atomic E-state index is 13.2. The molecule has 0 unspecified atom stereocenters. The number of hydrogen-bond donors (Lipinski definition) is 2. The lowest BCUT2D eigenvalue weighted by Crippen LogP contribution is -2.76. The summed E-state index contributed by atoms with van der Waals surface area (Å²) in [4.78, 5) is 15.2. The molecule has 1 aromatic heterocycles. The number of alkyl halides is 6. The molecule has 1 aliphatic rings. The first-order valence-corrected chi connectivity index (χ1v) is 7.00. The van der Waals surface area contributed by atoms with Crippen LogP contribution in [-0.2, 0) is 0 Å². The van der Waals surface area contributed by atoms with Gasteiger partial charge in [0.2, 0.25) is 0 Å². The van der Waals surface area contributed by atoms with Gasteiger partial charge in [-0.1, -0.05) is 11.8 Å². The van der Waals surface area contributed by atoms with Crippen molar-refractivity contribution in [2.24, 2.45) is 4.99 Å². The normalized spacial score (nSPS) is 16.2. The van der Waals surface area contributed by atoms with E-state index in [0.29, 0.717) is 11.8 Å². The Morgan fingerprint density at radius 2 is 1.87 bits per heavy atom. The first kappa shape index (κ1) is 17.5. The van der Waals surface area contributed by atoms with Crippen LogP contribution in [-0.4, -0.2) is 41.4 Å². The topological polar surface area (TPSA) is 66.6 Å². The molecule has 5 nitrogen and oxygen atoms in total. The van der Waals surface area contributed by atoms with Gasteiger partial charge in [0.1, 0.15) is 0 Å². The predicted octanol–water partition coefficient (Wildman–Crippen LogP) is 2.52. The van der Waals surface area contributed by atoms with Gasteiger partial charge in [0, 0.05) is 5.75 Å². The van der Waals surface area contributed by atoms with E-state index < -0.39 is 34.9 Å². The number of halogens is 6. The Bertz CT molecular complexity index is 582. The molecule has 12 heteroatoms. The Morgan fingerprint density at radius 1 is 1.22 bits per heavy atom. The van der Waals surface area contributed by atoms with Crippen molar-refractivity contribution in [2.45, 2.75) is 18.0 Å². The molecule has 2 rings (SSSR count). The highest BCUT2D eigenvalue weighted by molar-refractivity contribution is 8.14. The van der Waals surface area contributed by atoms with E-state index in [-0.39, 0.29) is 12.3 Å². The SMILES string of the molecule is O=C(NC(NC1=NCCS1)(C(F)(F)F)C(F)(F)F)c1ccco1. The van der Waals surface area contributed by atoms with E-state index in [9.17, 15) is 31.1 Å². The molecule has 128 valence electrons. The molecule has 0 spiro atoms. The van der Waals surface area contributed by atoms with Crippen LogP contribution in [0.1, 0.15) is 10.6 Å². The Kier molecular flexibility index (Phi) is 4.55. The Balaban J connectivity index is 2.41.